The summed E-state index contributed by atoms with van der Waals surface area (Å²) >= 11 is 5.70. The van der Waals surface area contributed by atoms with Gasteiger partial charge in [-0.3, -0.25) is 4.79 Å². The maximum atomic E-state index is 12.0. The standard InChI is InChI=1S/C13H17ClN2O5S2/c14-10-1-3-12(4-2-10)23(20,21)15-7-5-13(17)16-11-6-8-22(18,19)9-11/h1-4,11,15H,5-9H2,(H,16,17)/t11-/m0/s1. The number of hydrogen-bond acceptors (Lipinski definition) is 5. The quantitative estimate of drug-likeness (QED) is 0.738. The molecule has 0 spiro atoms. The highest BCUT2D eigenvalue weighted by Gasteiger charge is 2.28. The molecule has 1 aromatic rings. The van der Waals surface area contributed by atoms with Gasteiger partial charge < -0.3 is 5.32 Å². The first-order chi connectivity index (χ1) is 10.7. The van der Waals surface area contributed by atoms with E-state index >= 15 is 0 Å². The molecule has 0 unspecified atom stereocenters. The van der Waals surface area contributed by atoms with Gasteiger partial charge in [-0.15, -0.1) is 0 Å². The van der Waals surface area contributed by atoms with Crippen molar-refractivity contribution in [1.29, 1.82) is 0 Å². The second-order valence-electron chi connectivity index (χ2n) is 5.27. The van der Waals surface area contributed by atoms with Gasteiger partial charge in [-0.1, -0.05) is 11.6 Å². The summed E-state index contributed by atoms with van der Waals surface area (Å²) < 4.78 is 48.9. The van der Waals surface area contributed by atoms with Gasteiger partial charge in [0, 0.05) is 24.0 Å². The molecule has 7 nitrogen and oxygen atoms in total. The second-order valence-corrected chi connectivity index (χ2v) is 9.70. The molecular weight excluding hydrogens is 364 g/mol. The molecular formula is C13H17ClN2O5S2. The molecule has 128 valence electrons. The Morgan fingerprint density at radius 2 is 1.91 bits per heavy atom. The Balaban J connectivity index is 1.80. The van der Waals surface area contributed by atoms with Crippen LogP contribution in [0.25, 0.3) is 0 Å². The van der Waals surface area contributed by atoms with Gasteiger partial charge >= 0.3 is 0 Å². The van der Waals surface area contributed by atoms with Gasteiger partial charge in [0.05, 0.1) is 16.4 Å². The van der Waals surface area contributed by atoms with Gasteiger partial charge in [0.2, 0.25) is 15.9 Å². The van der Waals surface area contributed by atoms with E-state index in [-0.39, 0.29) is 41.3 Å². The molecule has 0 radical (unpaired) electrons. The van der Waals surface area contributed by atoms with Crippen molar-refractivity contribution in [2.45, 2.75) is 23.8 Å². The van der Waals surface area contributed by atoms with E-state index in [2.05, 4.69) is 10.0 Å². The van der Waals surface area contributed by atoms with E-state index in [9.17, 15) is 21.6 Å². The zero-order chi connectivity index (χ0) is 17.1. The lowest BCUT2D eigenvalue weighted by Crippen LogP contribution is -2.37. The fourth-order valence-corrected chi connectivity index (χ4v) is 5.04. The zero-order valence-corrected chi connectivity index (χ0v) is 14.5. The number of amides is 1. The molecule has 10 heteroatoms. The highest BCUT2D eigenvalue weighted by molar-refractivity contribution is 7.91. The predicted molar refractivity (Wildman–Crippen MR) is 86.5 cm³/mol. The number of sulfone groups is 1. The van der Waals surface area contributed by atoms with Crippen molar-refractivity contribution in [3.05, 3.63) is 29.3 Å². The molecule has 0 aliphatic carbocycles. The normalized spacial score (nSPS) is 20.3. The number of sulfonamides is 1. The average molecular weight is 381 g/mol. The third kappa shape index (κ3) is 5.45. The molecule has 1 heterocycles. The van der Waals surface area contributed by atoms with Gasteiger partial charge in [-0.25, -0.2) is 21.6 Å². The third-order valence-electron chi connectivity index (χ3n) is 3.37. The van der Waals surface area contributed by atoms with Crippen LogP contribution in [0.3, 0.4) is 0 Å². The zero-order valence-electron chi connectivity index (χ0n) is 12.2. The molecule has 0 aromatic heterocycles. The summed E-state index contributed by atoms with van der Waals surface area (Å²) in [5, 5.41) is 3.02. The Bertz CT molecular complexity index is 775. The van der Waals surface area contributed by atoms with Crippen molar-refractivity contribution in [3.63, 3.8) is 0 Å². The lowest BCUT2D eigenvalue weighted by atomic mass is 10.2. The number of carbonyl (C=O) groups is 1. The van der Waals surface area contributed by atoms with Crippen LogP contribution in [0.5, 0.6) is 0 Å². The van der Waals surface area contributed by atoms with Gasteiger partial charge in [0.15, 0.2) is 9.84 Å². The SMILES string of the molecule is O=C(CCNS(=O)(=O)c1ccc(Cl)cc1)N[C@H]1CCS(=O)(=O)C1. The van der Waals surface area contributed by atoms with Crippen LogP contribution in [-0.2, 0) is 24.7 Å². The van der Waals surface area contributed by atoms with Gasteiger partial charge in [0.1, 0.15) is 0 Å². The minimum absolute atomic E-state index is 0.0594. The number of carbonyl (C=O) groups excluding carboxylic acids is 1. The minimum atomic E-state index is -3.70. The van der Waals surface area contributed by atoms with Crippen molar-refractivity contribution in [1.82, 2.24) is 10.0 Å². The molecule has 1 aromatic carbocycles. The fraction of sp³-hybridized carbons (Fsp3) is 0.462. The molecule has 1 aliphatic rings. The summed E-state index contributed by atoms with van der Waals surface area (Å²) in [7, 11) is -6.76. The van der Waals surface area contributed by atoms with Crippen LogP contribution in [0, 0.1) is 0 Å². The van der Waals surface area contributed by atoms with E-state index < -0.39 is 19.9 Å². The number of nitrogens with one attached hydrogen (secondary N) is 2. The van der Waals surface area contributed by atoms with Crippen LogP contribution in [-0.4, -0.2) is 46.8 Å². The first-order valence-electron chi connectivity index (χ1n) is 6.93. The maximum absolute atomic E-state index is 12.0. The van der Waals surface area contributed by atoms with Crippen molar-refractivity contribution in [2.24, 2.45) is 0 Å². The molecule has 1 amide bonds. The molecule has 0 bridgehead atoms. The molecule has 23 heavy (non-hydrogen) atoms. The third-order valence-corrected chi connectivity index (χ3v) is 6.86. The van der Waals surface area contributed by atoms with Crippen molar-refractivity contribution in [3.8, 4) is 0 Å². The fourth-order valence-electron chi connectivity index (χ4n) is 2.20. The van der Waals surface area contributed by atoms with E-state index in [4.69, 9.17) is 11.6 Å². The molecule has 1 saturated heterocycles. The maximum Gasteiger partial charge on any atom is 0.240 e. The van der Waals surface area contributed by atoms with Gasteiger partial charge in [-0.05, 0) is 30.7 Å². The van der Waals surface area contributed by atoms with Crippen LogP contribution in [0.4, 0.5) is 0 Å². The summed E-state index contributed by atoms with van der Waals surface area (Å²) in [5.74, 6) is -0.373. The summed E-state index contributed by atoms with van der Waals surface area (Å²) in [6.07, 6.45) is 0.327. The monoisotopic (exact) mass is 380 g/mol. The van der Waals surface area contributed by atoms with E-state index in [1.165, 1.54) is 24.3 Å². The Labute approximate surface area is 140 Å². The Hall–Kier alpha value is -1.16. The smallest absolute Gasteiger partial charge is 0.240 e. The second kappa shape index (κ2) is 7.16. The van der Waals surface area contributed by atoms with E-state index in [0.717, 1.165) is 0 Å². The van der Waals surface area contributed by atoms with Crippen LogP contribution in [0.2, 0.25) is 5.02 Å². The highest BCUT2D eigenvalue weighted by Crippen LogP contribution is 2.14. The van der Waals surface area contributed by atoms with Gasteiger partial charge in [0.25, 0.3) is 0 Å². The van der Waals surface area contributed by atoms with E-state index in [1.807, 2.05) is 0 Å². The van der Waals surface area contributed by atoms with Crippen LogP contribution in [0.15, 0.2) is 29.2 Å². The Kier molecular flexibility index (Phi) is 5.66. The van der Waals surface area contributed by atoms with Crippen molar-refractivity contribution < 1.29 is 21.6 Å². The topological polar surface area (TPSA) is 109 Å². The van der Waals surface area contributed by atoms with E-state index in [1.54, 1.807) is 0 Å². The molecule has 1 atom stereocenters. The van der Waals surface area contributed by atoms with Crippen LogP contribution >= 0.6 is 11.6 Å². The Morgan fingerprint density at radius 1 is 1.26 bits per heavy atom. The van der Waals surface area contributed by atoms with Crippen molar-refractivity contribution >= 4 is 37.4 Å². The summed E-state index contributed by atoms with van der Waals surface area (Å²) in [5.41, 5.74) is 0. The van der Waals surface area contributed by atoms with Crippen LogP contribution < -0.4 is 10.0 Å². The molecule has 0 saturated carbocycles. The molecule has 2 rings (SSSR count). The largest absolute Gasteiger partial charge is 0.352 e. The summed E-state index contributed by atoms with van der Waals surface area (Å²) in [4.78, 5) is 11.8. The molecule has 1 fully saturated rings. The number of rotatable bonds is 6. The lowest BCUT2D eigenvalue weighted by Gasteiger charge is -2.11. The van der Waals surface area contributed by atoms with Crippen LogP contribution in [0.1, 0.15) is 12.8 Å². The lowest BCUT2D eigenvalue weighted by molar-refractivity contribution is -0.121. The van der Waals surface area contributed by atoms with Crippen molar-refractivity contribution in [2.75, 3.05) is 18.1 Å². The first-order valence-corrected chi connectivity index (χ1v) is 10.6. The molecule has 1 aliphatic heterocycles. The first kappa shape index (κ1) is 18.2. The minimum Gasteiger partial charge on any atom is -0.352 e. The summed E-state index contributed by atoms with van der Waals surface area (Å²) in [6, 6.07) is 5.27. The number of hydrogen-bond donors (Lipinski definition) is 2. The molecule has 2 N–H and O–H groups in total. The number of benzene rings is 1. The number of halogens is 1. The highest BCUT2D eigenvalue weighted by atomic mass is 35.5. The Morgan fingerprint density at radius 3 is 2.48 bits per heavy atom. The predicted octanol–water partition coefficient (Wildman–Crippen LogP) is 0.312. The van der Waals surface area contributed by atoms with E-state index in [0.29, 0.717) is 11.4 Å². The summed E-state index contributed by atoms with van der Waals surface area (Å²) in [6.45, 7) is -0.0732. The van der Waals surface area contributed by atoms with Gasteiger partial charge in [-0.2, -0.15) is 0 Å². The average Bonchev–Trinajstić information content (AvgIpc) is 2.78.